The van der Waals surface area contributed by atoms with E-state index in [4.69, 9.17) is 4.74 Å². The average molecular weight is 367 g/mol. The summed E-state index contributed by atoms with van der Waals surface area (Å²) in [5.41, 5.74) is 0.433. The summed E-state index contributed by atoms with van der Waals surface area (Å²) in [7, 11) is 1.58. The van der Waals surface area contributed by atoms with Crippen LogP contribution < -0.4 is 21.3 Å². The highest BCUT2D eigenvalue weighted by Gasteiger charge is 2.14. The molecule has 2 aromatic carbocycles. The van der Waals surface area contributed by atoms with Crippen molar-refractivity contribution in [3.05, 3.63) is 74.9 Å². The molecule has 1 amide bonds. The molecule has 3 rings (SSSR count). The number of aromatic nitrogens is 2. The summed E-state index contributed by atoms with van der Waals surface area (Å²) in [5, 5.41) is 3.33. The molecule has 1 aromatic heterocycles. The molecule has 0 bridgehead atoms. The zero-order chi connectivity index (χ0) is 19.4. The van der Waals surface area contributed by atoms with Gasteiger partial charge >= 0.3 is 5.69 Å². The standard InChI is InChI=1S/C20H21N3O4/c1-13(14-7-4-6-10-17(14)27-2)21-18(24)11-12-23-16-9-5-3-8-15(16)19(25)22-20(23)26/h3-10,13H,11-12H2,1-2H3,(H,21,24)(H,22,25,26)/t13-/m0/s1. The number of fused-ring (bicyclic) bond motifs is 1. The van der Waals surface area contributed by atoms with Crippen molar-refractivity contribution in [1.29, 1.82) is 0 Å². The average Bonchev–Trinajstić information content (AvgIpc) is 2.67. The molecule has 0 radical (unpaired) electrons. The van der Waals surface area contributed by atoms with Crippen molar-refractivity contribution in [3.8, 4) is 5.75 Å². The fourth-order valence-corrected chi connectivity index (χ4v) is 3.09. The minimum absolute atomic E-state index is 0.107. The molecule has 0 aliphatic carbocycles. The minimum Gasteiger partial charge on any atom is -0.496 e. The molecule has 1 atom stereocenters. The van der Waals surface area contributed by atoms with Crippen LogP contribution in [0.5, 0.6) is 5.75 Å². The van der Waals surface area contributed by atoms with Gasteiger partial charge in [0.05, 0.1) is 24.1 Å². The number of methoxy groups -OCH3 is 1. The van der Waals surface area contributed by atoms with Crippen LogP contribution in [0.4, 0.5) is 0 Å². The molecule has 0 aliphatic heterocycles. The lowest BCUT2D eigenvalue weighted by Gasteiger charge is -2.17. The van der Waals surface area contributed by atoms with Gasteiger partial charge in [-0.25, -0.2) is 4.79 Å². The summed E-state index contributed by atoms with van der Waals surface area (Å²) in [5.74, 6) is 0.503. The number of benzene rings is 2. The lowest BCUT2D eigenvalue weighted by Crippen LogP contribution is -2.33. The van der Waals surface area contributed by atoms with Crippen molar-refractivity contribution < 1.29 is 9.53 Å². The largest absolute Gasteiger partial charge is 0.496 e. The molecule has 0 fully saturated rings. The van der Waals surface area contributed by atoms with E-state index in [0.717, 1.165) is 5.56 Å². The molecule has 2 N–H and O–H groups in total. The highest BCUT2D eigenvalue weighted by molar-refractivity contribution is 5.79. The van der Waals surface area contributed by atoms with Gasteiger partial charge in [0.25, 0.3) is 5.56 Å². The molecular formula is C20H21N3O4. The van der Waals surface area contributed by atoms with E-state index in [9.17, 15) is 14.4 Å². The number of H-pyrrole nitrogens is 1. The second-order valence-electron chi connectivity index (χ2n) is 6.21. The van der Waals surface area contributed by atoms with Crippen molar-refractivity contribution in [2.75, 3.05) is 7.11 Å². The van der Waals surface area contributed by atoms with E-state index >= 15 is 0 Å². The second kappa shape index (κ2) is 7.90. The van der Waals surface area contributed by atoms with Crippen LogP contribution in [0, 0.1) is 0 Å². The van der Waals surface area contributed by atoms with Crippen LogP contribution in [0.2, 0.25) is 0 Å². The van der Waals surface area contributed by atoms with E-state index < -0.39 is 11.2 Å². The minimum atomic E-state index is -0.524. The summed E-state index contributed by atoms with van der Waals surface area (Å²) >= 11 is 0. The Morgan fingerprint density at radius 3 is 2.63 bits per heavy atom. The maximum Gasteiger partial charge on any atom is 0.328 e. The summed E-state index contributed by atoms with van der Waals surface area (Å²) in [6.45, 7) is 2.04. The van der Waals surface area contributed by atoms with Gasteiger partial charge in [-0.1, -0.05) is 30.3 Å². The number of nitrogens with zero attached hydrogens (tertiary/aromatic N) is 1. The van der Waals surface area contributed by atoms with E-state index in [1.54, 1.807) is 31.4 Å². The van der Waals surface area contributed by atoms with Crippen LogP contribution in [0.1, 0.15) is 24.9 Å². The molecule has 0 saturated carbocycles. The number of aromatic amines is 1. The quantitative estimate of drug-likeness (QED) is 0.697. The molecular weight excluding hydrogens is 346 g/mol. The Labute approximate surface area is 155 Å². The Bertz CT molecular complexity index is 1080. The number of carbonyl (C=O) groups excluding carboxylic acids is 1. The predicted molar refractivity (Wildman–Crippen MR) is 103 cm³/mol. The molecule has 140 valence electrons. The molecule has 0 spiro atoms. The van der Waals surface area contributed by atoms with Gasteiger partial charge < -0.3 is 10.1 Å². The summed E-state index contributed by atoms with van der Waals surface area (Å²) in [6.07, 6.45) is 0.107. The van der Waals surface area contributed by atoms with Crippen molar-refractivity contribution in [1.82, 2.24) is 14.9 Å². The van der Waals surface area contributed by atoms with E-state index in [1.165, 1.54) is 4.57 Å². The number of rotatable bonds is 6. The van der Waals surface area contributed by atoms with E-state index in [-0.39, 0.29) is 24.9 Å². The number of carbonyl (C=O) groups is 1. The monoisotopic (exact) mass is 367 g/mol. The first-order valence-corrected chi connectivity index (χ1v) is 8.65. The zero-order valence-electron chi connectivity index (χ0n) is 15.2. The SMILES string of the molecule is COc1ccccc1[C@H](C)NC(=O)CCn1c(=O)[nH]c(=O)c2ccccc21. The van der Waals surface area contributed by atoms with Crippen LogP contribution in [0.25, 0.3) is 10.9 Å². The lowest BCUT2D eigenvalue weighted by atomic mass is 10.1. The number of ether oxygens (including phenoxy) is 1. The van der Waals surface area contributed by atoms with Crippen LogP contribution in [0.15, 0.2) is 58.1 Å². The molecule has 0 unspecified atom stereocenters. The zero-order valence-corrected chi connectivity index (χ0v) is 15.2. The summed E-state index contributed by atoms with van der Waals surface area (Å²) in [6, 6.07) is 14.1. The molecule has 7 heteroatoms. The van der Waals surface area contributed by atoms with Crippen molar-refractivity contribution >= 4 is 16.8 Å². The number of hydrogen-bond acceptors (Lipinski definition) is 4. The molecule has 1 heterocycles. The molecule has 0 saturated heterocycles. The number of hydrogen-bond donors (Lipinski definition) is 2. The Balaban J connectivity index is 1.74. The molecule has 0 aliphatic rings. The molecule has 7 nitrogen and oxygen atoms in total. The number of aryl methyl sites for hydroxylation is 1. The van der Waals surface area contributed by atoms with E-state index in [1.807, 2.05) is 31.2 Å². The predicted octanol–water partition coefficient (Wildman–Crippen LogP) is 1.97. The van der Waals surface area contributed by atoms with Gasteiger partial charge in [-0.15, -0.1) is 0 Å². The van der Waals surface area contributed by atoms with Gasteiger partial charge in [-0.2, -0.15) is 0 Å². The Morgan fingerprint density at radius 1 is 1.15 bits per heavy atom. The number of nitrogens with one attached hydrogen (secondary N) is 2. The molecule has 27 heavy (non-hydrogen) atoms. The summed E-state index contributed by atoms with van der Waals surface area (Å²) in [4.78, 5) is 38.7. The van der Waals surface area contributed by atoms with Crippen LogP contribution in [0.3, 0.4) is 0 Å². The van der Waals surface area contributed by atoms with Gasteiger partial charge in [0.2, 0.25) is 5.91 Å². The topological polar surface area (TPSA) is 93.2 Å². The van der Waals surface area contributed by atoms with E-state index in [0.29, 0.717) is 16.7 Å². The van der Waals surface area contributed by atoms with Crippen LogP contribution >= 0.6 is 0 Å². The third kappa shape index (κ3) is 3.92. The smallest absolute Gasteiger partial charge is 0.328 e. The van der Waals surface area contributed by atoms with Gasteiger partial charge in [-0.05, 0) is 25.1 Å². The van der Waals surface area contributed by atoms with Gasteiger partial charge in [-0.3, -0.25) is 19.1 Å². The van der Waals surface area contributed by atoms with Gasteiger partial charge in [0.15, 0.2) is 0 Å². The first-order chi connectivity index (χ1) is 13.0. The van der Waals surface area contributed by atoms with Crippen LogP contribution in [-0.4, -0.2) is 22.6 Å². The normalized spacial score (nSPS) is 11.9. The molecule has 3 aromatic rings. The lowest BCUT2D eigenvalue weighted by molar-refractivity contribution is -0.121. The van der Waals surface area contributed by atoms with E-state index in [2.05, 4.69) is 10.3 Å². The van der Waals surface area contributed by atoms with Crippen molar-refractivity contribution in [3.63, 3.8) is 0 Å². The first-order valence-electron chi connectivity index (χ1n) is 8.65. The number of amides is 1. The van der Waals surface area contributed by atoms with Gasteiger partial charge in [0, 0.05) is 18.5 Å². The fourth-order valence-electron chi connectivity index (χ4n) is 3.09. The highest BCUT2D eigenvalue weighted by Crippen LogP contribution is 2.24. The Hall–Kier alpha value is -3.35. The third-order valence-electron chi connectivity index (χ3n) is 4.45. The third-order valence-corrected chi connectivity index (χ3v) is 4.45. The highest BCUT2D eigenvalue weighted by atomic mass is 16.5. The maximum absolute atomic E-state index is 12.4. The number of para-hydroxylation sites is 2. The Morgan fingerprint density at radius 2 is 1.85 bits per heavy atom. The Kier molecular flexibility index (Phi) is 5.40. The fraction of sp³-hybridized carbons (Fsp3) is 0.250. The van der Waals surface area contributed by atoms with Crippen LogP contribution in [-0.2, 0) is 11.3 Å². The summed E-state index contributed by atoms with van der Waals surface area (Å²) < 4.78 is 6.73. The van der Waals surface area contributed by atoms with Crippen molar-refractivity contribution in [2.24, 2.45) is 0 Å². The van der Waals surface area contributed by atoms with Gasteiger partial charge in [0.1, 0.15) is 5.75 Å². The van der Waals surface area contributed by atoms with Crippen molar-refractivity contribution in [2.45, 2.75) is 25.9 Å². The second-order valence-corrected chi connectivity index (χ2v) is 6.21. The maximum atomic E-state index is 12.4. The first kappa shape index (κ1) is 18.4.